The summed E-state index contributed by atoms with van der Waals surface area (Å²) in [6, 6.07) is 7.13. The fourth-order valence-corrected chi connectivity index (χ4v) is 2.02. The maximum absolute atomic E-state index is 11.7. The SMILES string of the molecule is COc1ccc(N2C[C@@H](C(=O)Cl)CC2=O)cc1. The van der Waals surface area contributed by atoms with Crippen LogP contribution in [0.2, 0.25) is 0 Å². The van der Waals surface area contributed by atoms with Crippen LogP contribution in [0.1, 0.15) is 6.42 Å². The molecule has 1 aliphatic rings. The predicted molar refractivity (Wildman–Crippen MR) is 64.3 cm³/mol. The Hall–Kier alpha value is -1.55. The van der Waals surface area contributed by atoms with E-state index in [1.54, 1.807) is 36.3 Å². The molecular weight excluding hydrogens is 242 g/mol. The molecule has 0 saturated carbocycles. The number of hydrogen-bond acceptors (Lipinski definition) is 3. The Morgan fingerprint density at radius 1 is 1.41 bits per heavy atom. The highest BCUT2D eigenvalue weighted by molar-refractivity contribution is 6.64. The number of benzene rings is 1. The average molecular weight is 254 g/mol. The highest BCUT2D eigenvalue weighted by Gasteiger charge is 2.34. The van der Waals surface area contributed by atoms with Crippen molar-refractivity contribution in [3.05, 3.63) is 24.3 Å². The lowest BCUT2D eigenvalue weighted by atomic mass is 10.1. The number of ether oxygens (including phenoxy) is 1. The Morgan fingerprint density at radius 3 is 2.53 bits per heavy atom. The van der Waals surface area contributed by atoms with Crippen LogP contribution in [-0.4, -0.2) is 24.8 Å². The molecule has 1 aliphatic heterocycles. The van der Waals surface area contributed by atoms with Gasteiger partial charge in [-0.05, 0) is 35.9 Å². The summed E-state index contributed by atoms with van der Waals surface area (Å²) in [6.45, 7) is 0.355. The summed E-state index contributed by atoms with van der Waals surface area (Å²) in [6.07, 6.45) is 0.189. The zero-order chi connectivity index (χ0) is 12.4. The topological polar surface area (TPSA) is 46.6 Å². The van der Waals surface area contributed by atoms with E-state index in [1.165, 1.54) is 0 Å². The van der Waals surface area contributed by atoms with Crippen LogP contribution in [0.4, 0.5) is 5.69 Å². The van der Waals surface area contributed by atoms with E-state index in [1.807, 2.05) is 0 Å². The lowest BCUT2D eigenvalue weighted by molar-refractivity contribution is -0.120. The van der Waals surface area contributed by atoms with E-state index in [0.29, 0.717) is 6.54 Å². The van der Waals surface area contributed by atoms with Crippen LogP contribution < -0.4 is 9.64 Å². The molecule has 1 fully saturated rings. The second-order valence-electron chi connectivity index (χ2n) is 3.91. The lowest BCUT2D eigenvalue weighted by Crippen LogP contribution is -2.25. The molecule has 0 N–H and O–H groups in total. The van der Waals surface area contributed by atoms with Crippen molar-refractivity contribution in [2.75, 3.05) is 18.6 Å². The quantitative estimate of drug-likeness (QED) is 0.772. The normalized spacial score (nSPS) is 19.5. The third-order valence-electron chi connectivity index (χ3n) is 2.83. The van der Waals surface area contributed by atoms with Crippen molar-refractivity contribution in [3.8, 4) is 5.75 Å². The van der Waals surface area contributed by atoms with E-state index in [0.717, 1.165) is 11.4 Å². The van der Waals surface area contributed by atoms with Gasteiger partial charge in [-0.25, -0.2) is 0 Å². The Kier molecular flexibility index (Phi) is 3.33. The van der Waals surface area contributed by atoms with Crippen LogP contribution in [0.15, 0.2) is 24.3 Å². The number of methoxy groups -OCH3 is 1. The molecule has 1 aromatic carbocycles. The number of carbonyl (C=O) groups is 2. The van der Waals surface area contributed by atoms with Gasteiger partial charge in [0.2, 0.25) is 11.1 Å². The van der Waals surface area contributed by atoms with Gasteiger partial charge in [0.05, 0.1) is 13.0 Å². The molecule has 0 aliphatic carbocycles. The van der Waals surface area contributed by atoms with Gasteiger partial charge in [0.25, 0.3) is 0 Å². The van der Waals surface area contributed by atoms with E-state index < -0.39 is 11.2 Å². The molecule has 1 atom stereocenters. The van der Waals surface area contributed by atoms with Gasteiger partial charge in [-0.3, -0.25) is 9.59 Å². The van der Waals surface area contributed by atoms with E-state index in [4.69, 9.17) is 16.3 Å². The zero-order valence-corrected chi connectivity index (χ0v) is 10.1. The smallest absolute Gasteiger partial charge is 0.227 e. The first-order valence-corrected chi connectivity index (χ1v) is 5.63. The van der Waals surface area contributed by atoms with Crippen LogP contribution in [0.3, 0.4) is 0 Å². The Balaban J connectivity index is 2.17. The van der Waals surface area contributed by atoms with Crippen molar-refractivity contribution in [1.29, 1.82) is 0 Å². The zero-order valence-electron chi connectivity index (χ0n) is 9.35. The highest BCUT2D eigenvalue weighted by Crippen LogP contribution is 2.27. The van der Waals surface area contributed by atoms with Crippen LogP contribution >= 0.6 is 11.6 Å². The Morgan fingerprint density at radius 2 is 2.06 bits per heavy atom. The molecule has 1 saturated heterocycles. The van der Waals surface area contributed by atoms with Gasteiger partial charge in [0.15, 0.2) is 0 Å². The Bertz CT molecular complexity index is 444. The fraction of sp³-hybridized carbons (Fsp3) is 0.333. The van der Waals surface area contributed by atoms with Gasteiger partial charge in [-0.2, -0.15) is 0 Å². The van der Waals surface area contributed by atoms with Crippen molar-refractivity contribution in [2.24, 2.45) is 5.92 Å². The lowest BCUT2D eigenvalue weighted by Gasteiger charge is -2.16. The summed E-state index contributed by atoms with van der Waals surface area (Å²) in [5, 5.41) is -0.450. The van der Waals surface area contributed by atoms with Gasteiger partial charge >= 0.3 is 0 Å². The van der Waals surface area contributed by atoms with Crippen molar-refractivity contribution >= 4 is 28.4 Å². The largest absolute Gasteiger partial charge is 0.497 e. The van der Waals surface area contributed by atoms with E-state index in [2.05, 4.69) is 0 Å². The molecule has 17 heavy (non-hydrogen) atoms. The van der Waals surface area contributed by atoms with Gasteiger partial charge in [0, 0.05) is 18.7 Å². The van der Waals surface area contributed by atoms with Crippen LogP contribution in [0.25, 0.3) is 0 Å². The fourth-order valence-electron chi connectivity index (χ4n) is 1.87. The minimum atomic E-state index is -0.450. The van der Waals surface area contributed by atoms with Gasteiger partial charge in [-0.15, -0.1) is 0 Å². The summed E-state index contributed by atoms with van der Waals surface area (Å²) in [7, 11) is 1.58. The molecule has 1 amide bonds. The molecule has 5 heteroatoms. The summed E-state index contributed by atoms with van der Waals surface area (Å²) in [5.41, 5.74) is 0.760. The summed E-state index contributed by atoms with van der Waals surface area (Å²) >= 11 is 5.41. The molecule has 1 heterocycles. The minimum absolute atomic E-state index is 0.0748. The molecule has 0 radical (unpaired) electrons. The molecular formula is C12H12ClNO3. The predicted octanol–water partition coefficient (Wildman–Crippen LogP) is 1.81. The first kappa shape index (κ1) is 11.9. The summed E-state index contributed by atoms with van der Waals surface area (Å²) < 4.78 is 5.04. The van der Waals surface area contributed by atoms with Crippen LogP contribution in [0.5, 0.6) is 5.75 Å². The third-order valence-corrected chi connectivity index (χ3v) is 3.14. The summed E-state index contributed by atoms with van der Waals surface area (Å²) in [5.74, 6) is 0.255. The molecule has 0 aromatic heterocycles. The molecule has 90 valence electrons. The van der Waals surface area contributed by atoms with Crippen molar-refractivity contribution in [2.45, 2.75) is 6.42 Å². The Labute approximate surface area is 104 Å². The number of carbonyl (C=O) groups excluding carboxylic acids is 2. The van der Waals surface area contributed by atoms with Crippen molar-refractivity contribution < 1.29 is 14.3 Å². The monoisotopic (exact) mass is 253 g/mol. The summed E-state index contributed by atoms with van der Waals surface area (Å²) in [4.78, 5) is 24.3. The maximum atomic E-state index is 11.7. The van der Waals surface area contributed by atoms with E-state index in [9.17, 15) is 9.59 Å². The van der Waals surface area contributed by atoms with Gasteiger partial charge < -0.3 is 9.64 Å². The van der Waals surface area contributed by atoms with Gasteiger partial charge in [0.1, 0.15) is 5.75 Å². The van der Waals surface area contributed by atoms with E-state index in [-0.39, 0.29) is 12.3 Å². The second kappa shape index (κ2) is 4.75. The standard InChI is InChI=1S/C12H12ClNO3/c1-17-10-4-2-9(3-5-10)14-7-8(12(13)16)6-11(14)15/h2-5,8H,6-7H2,1H3/t8-/m0/s1. The first-order chi connectivity index (χ1) is 8.11. The molecule has 1 aromatic rings. The number of anilines is 1. The maximum Gasteiger partial charge on any atom is 0.227 e. The van der Waals surface area contributed by atoms with Crippen molar-refractivity contribution in [3.63, 3.8) is 0 Å². The molecule has 4 nitrogen and oxygen atoms in total. The average Bonchev–Trinajstić information content (AvgIpc) is 2.72. The molecule has 0 spiro atoms. The number of nitrogens with zero attached hydrogens (tertiary/aromatic N) is 1. The van der Waals surface area contributed by atoms with Gasteiger partial charge in [-0.1, -0.05) is 0 Å². The number of rotatable bonds is 3. The molecule has 2 rings (SSSR count). The number of hydrogen-bond donors (Lipinski definition) is 0. The second-order valence-corrected chi connectivity index (χ2v) is 4.28. The van der Waals surface area contributed by atoms with Crippen LogP contribution in [-0.2, 0) is 9.59 Å². The number of halogens is 1. The minimum Gasteiger partial charge on any atom is -0.497 e. The number of amides is 1. The van der Waals surface area contributed by atoms with Crippen LogP contribution in [0, 0.1) is 5.92 Å². The molecule has 0 unspecified atom stereocenters. The van der Waals surface area contributed by atoms with E-state index >= 15 is 0 Å². The highest BCUT2D eigenvalue weighted by atomic mass is 35.5. The first-order valence-electron chi connectivity index (χ1n) is 5.25. The third kappa shape index (κ3) is 2.42. The molecule has 0 bridgehead atoms. The van der Waals surface area contributed by atoms with Crippen molar-refractivity contribution in [1.82, 2.24) is 0 Å².